The monoisotopic (exact) mass is 645 g/mol. The number of carbonyl (C=O) groups excluding carboxylic acids is 1. The summed E-state index contributed by atoms with van der Waals surface area (Å²) in [5.41, 5.74) is 0.559. The van der Waals surface area contributed by atoms with Crippen LogP contribution in [0, 0.1) is 5.95 Å². The standard InChI is InChI=1S/C26H25BrFN7O5S/c1-32-13-17(23(28)31-32)21-20(27)19-22-18(12-29-24(19)35(21)41(38,39)16-7-5-4-6-8-16)33(2)26(37)34(22)15-10-9-14(11-15)30-25(36)40-3/h4-8,12-15H,9-11H2,1-3H3,(H,30,36)/t14-,15-/m1/s1. The first-order valence-electron chi connectivity index (χ1n) is 12.7. The second-order valence-electron chi connectivity index (χ2n) is 9.95. The van der Waals surface area contributed by atoms with Crippen molar-refractivity contribution < 1.29 is 22.3 Å². The molecule has 12 nitrogen and oxygen atoms in total. The van der Waals surface area contributed by atoms with Crippen LogP contribution in [0.1, 0.15) is 25.3 Å². The zero-order valence-electron chi connectivity index (χ0n) is 22.2. The second-order valence-corrected chi connectivity index (χ2v) is 12.5. The summed E-state index contributed by atoms with van der Waals surface area (Å²) in [6.07, 6.45) is 3.95. The van der Waals surface area contributed by atoms with E-state index < -0.39 is 22.1 Å². The van der Waals surface area contributed by atoms with Gasteiger partial charge in [0.05, 0.1) is 50.4 Å². The number of aromatic nitrogens is 6. The summed E-state index contributed by atoms with van der Waals surface area (Å²) in [7, 11) is 0.135. The summed E-state index contributed by atoms with van der Waals surface area (Å²) in [4.78, 5) is 29.9. The van der Waals surface area contributed by atoms with Crippen LogP contribution in [0.15, 0.2) is 56.9 Å². The summed E-state index contributed by atoms with van der Waals surface area (Å²) < 4.78 is 53.7. The number of nitrogens with one attached hydrogen (secondary N) is 1. The lowest BCUT2D eigenvalue weighted by Crippen LogP contribution is -2.33. The first-order chi connectivity index (χ1) is 19.5. The maximum absolute atomic E-state index is 15.2. The Morgan fingerprint density at radius 3 is 2.59 bits per heavy atom. The van der Waals surface area contributed by atoms with Gasteiger partial charge in [-0.3, -0.25) is 13.8 Å². The highest BCUT2D eigenvalue weighted by Crippen LogP contribution is 2.44. The molecule has 214 valence electrons. The molecule has 2 atom stereocenters. The van der Waals surface area contributed by atoms with Gasteiger partial charge in [-0.1, -0.05) is 18.2 Å². The summed E-state index contributed by atoms with van der Waals surface area (Å²) in [6.45, 7) is 0. The molecule has 4 aromatic heterocycles. The van der Waals surface area contributed by atoms with Crippen LogP contribution >= 0.6 is 15.9 Å². The summed E-state index contributed by atoms with van der Waals surface area (Å²) in [6, 6.07) is 7.26. The van der Waals surface area contributed by atoms with E-state index in [4.69, 9.17) is 4.74 Å². The van der Waals surface area contributed by atoms with Crippen molar-refractivity contribution in [3.8, 4) is 11.3 Å². The lowest BCUT2D eigenvalue weighted by molar-refractivity contribution is 0.166. The molecule has 1 fully saturated rings. The number of amides is 1. The zero-order chi connectivity index (χ0) is 29.2. The largest absolute Gasteiger partial charge is 0.453 e. The fraction of sp³-hybridized carbons (Fsp3) is 0.308. The van der Waals surface area contributed by atoms with Crippen LogP contribution in [0.3, 0.4) is 0 Å². The molecule has 1 aromatic carbocycles. The van der Waals surface area contributed by atoms with Crippen molar-refractivity contribution >= 4 is 54.1 Å². The smallest absolute Gasteiger partial charge is 0.407 e. The maximum atomic E-state index is 15.2. The number of hydrogen-bond acceptors (Lipinski definition) is 7. The molecular weight excluding hydrogens is 621 g/mol. The molecule has 0 bridgehead atoms. The van der Waals surface area contributed by atoms with Crippen LogP contribution in [0.5, 0.6) is 0 Å². The summed E-state index contributed by atoms with van der Waals surface area (Å²) >= 11 is 3.57. The molecule has 1 aliphatic rings. The number of imidazole rings is 1. The summed E-state index contributed by atoms with van der Waals surface area (Å²) in [5, 5.41) is 6.92. The van der Waals surface area contributed by atoms with E-state index in [1.54, 1.807) is 29.8 Å². The van der Waals surface area contributed by atoms with E-state index in [1.165, 1.54) is 47.9 Å². The number of fused-ring (bicyclic) bond motifs is 3. The number of nitrogens with zero attached hydrogens (tertiary/aromatic N) is 6. The predicted octanol–water partition coefficient (Wildman–Crippen LogP) is 3.68. The predicted molar refractivity (Wildman–Crippen MR) is 152 cm³/mol. The van der Waals surface area contributed by atoms with E-state index in [2.05, 4.69) is 31.3 Å². The number of methoxy groups -OCH3 is 1. The Morgan fingerprint density at radius 2 is 1.93 bits per heavy atom. The molecule has 1 amide bonds. The average molecular weight is 646 g/mol. The Labute approximate surface area is 241 Å². The number of halogens is 2. The third-order valence-corrected chi connectivity index (χ3v) is 10.0. The molecule has 41 heavy (non-hydrogen) atoms. The van der Waals surface area contributed by atoms with Gasteiger partial charge in [-0.05, 0) is 47.3 Å². The molecule has 4 heterocycles. The van der Waals surface area contributed by atoms with Crippen LogP contribution in [-0.2, 0) is 28.9 Å². The van der Waals surface area contributed by atoms with Crippen molar-refractivity contribution in [3.05, 3.63) is 63.6 Å². The van der Waals surface area contributed by atoms with E-state index >= 15 is 4.39 Å². The minimum absolute atomic E-state index is 0.00559. The number of ether oxygens (including phenoxy) is 1. The highest BCUT2D eigenvalue weighted by atomic mass is 79.9. The highest BCUT2D eigenvalue weighted by molar-refractivity contribution is 9.10. The van der Waals surface area contributed by atoms with Crippen molar-refractivity contribution in [3.63, 3.8) is 0 Å². The fourth-order valence-electron chi connectivity index (χ4n) is 5.67. The second kappa shape index (κ2) is 9.83. The quantitative estimate of drug-likeness (QED) is 0.308. The SMILES string of the molecule is COC(=O)N[C@@H]1CC[C@@H](n2c(=O)n(C)c3cnc4c(c(Br)c(-c5cn(C)nc5F)n4S(=O)(=O)c4ccccc4)c32)C1. The number of carbonyl (C=O) groups is 1. The van der Waals surface area contributed by atoms with Crippen molar-refractivity contribution in [1.82, 2.24) is 33.2 Å². The Hall–Kier alpha value is -3.98. The molecule has 6 rings (SSSR count). The maximum Gasteiger partial charge on any atom is 0.407 e. The first kappa shape index (κ1) is 27.2. The highest BCUT2D eigenvalue weighted by Gasteiger charge is 2.35. The number of rotatable bonds is 5. The number of alkyl carbamates (subject to hydrolysis) is 1. The molecule has 0 radical (unpaired) electrons. The molecule has 15 heteroatoms. The Balaban J connectivity index is 1.68. The van der Waals surface area contributed by atoms with E-state index in [9.17, 15) is 18.0 Å². The van der Waals surface area contributed by atoms with Gasteiger partial charge < -0.3 is 10.1 Å². The average Bonchev–Trinajstić information content (AvgIpc) is 3.68. The van der Waals surface area contributed by atoms with Crippen LogP contribution < -0.4 is 11.0 Å². The van der Waals surface area contributed by atoms with Gasteiger partial charge in [-0.2, -0.15) is 4.39 Å². The molecule has 0 aliphatic heterocycles. The van der Waals surface area contributed by atoms with Crippen molar-refractivity contribution in [2.45, 2.75) is 36.2 Å². The molecular formula is C26H25BrFN7O5S. The van der Waals surface area contributed by atoms with Crippen molar-refractivity contribution in [2.75, 3.05) is 7.11 Å². The lowest BCUT2D eigenvalue weighted by atomic mass is 10.2. The minimum atomic E-state index is -4.30. The van der Waals surface area contributed by atoms with E-state index in [0.29, 0.717) is 35.7 Å². The number of aryl methyl sites for hydroxylation is 2. The Bertz CT molecular complexity index is 2010. The van der Waals surface area contributed by atoms with Gasteiger partial charge in [0.2, 0.25) is 5.95 Å². The molecule has 1 saturated carbocycles. The molecule has 0 spiro atoms. The molecule has 0 saturated heterocycles. The van der Waals surface area contributed by atoms with Gasteiger partial charge in [-0.25, -0.2) is 27.0 Å². The normalized spacial score (nSPS) is 17.5. The van der Waals surface area contributed by atoms with Crippen molar-refractivity contribution in [1.29, 1.82) is 0 Å². The lowest BCUT2D eigenvalue weighted by Gasteiger charge is -2.14. The third-order valence-electron chi connectivity index (χ3n) is 7.53. The number of pyridine rings is 1. The molecule has 0 unspecified atom stereocenters. The van der Waals surface area contributed by atoms with Crippen LogP contribution in [-0.4, -0.2) is 55.5 Å². The molecule has 1 N–H and O–H groups in total. The summed E-state index contributed by atoms with van der Waals surface area (Å²) in [5.74, 6) is -0.866. The van der Waals surface area contributed by atoms with Gasteiger partial charge >= 0.3 is 11.8 Å². The van der Waals surface area contributed by atoms with Gasteiger partial charge in [0.1, 0.15) is 0 Å². The van der Waals surface area contributed by atoms with Gasteiger partial charge in [0.25, 0.3) is 10.0 Å². The van der Waals surface area contributed by atoms with Gasteiger partial charge in [0.15, 0.2) is 5.65 Å². The van der Waals surface area contributed by atoms with E-state index in [0.717, 1.165) is 3.97 Å². The molecule has 5 aromatic rings. The van der Waals surface area contributed by atoms with Gasteiger partial charge in [0, 0.05) is 32.4 Å². The Morgan fingerprint density at radius 1 is 1.20 bits per heavy atom. The van der Waals surface area contributed by atoms with Crippen molar-refractivity contribution in [2.24, 2.45) is 14.1 Å². The third kappa shape index (κ3) is 4.17. The minimum Gasteiger partial charge on any atom is -0.453 e. The van der Waals surface area contributed by atoms with Crippen LogP contribution in [0.4, 0.5) is 9.18 Å². The number of hydrogen-bond donors (Lipinski definition) is 1. The van der Waals surface area contributed by atoms with E-state index in [1.807, 2.05) is 0 Å². The first-order valence-corrected chi connectivity index (χ1v) is 14.9. The van der Waals surface area contributed by atoms with Crippen LogP contribution in [0.2, 0.25) is 0 Å². The topological polar surface area (TPSA) is 135 Å². The Kier molecular flexibility index (Phi) is 6.53. The molecule has 1 aliphatic carbocycles. The number of benzene rings is 1. The zero-order valence-corrected chi connectivity index (χ0v) is 24.6. The van der Waals surface area contributed by atoms with Gasteiger partial charge in [-0.15, -0.1) is 5.10 Å². The van der Waals surface area contributed by atoms with E-state index in [-0.39, 0.29) is 44.0 Å². The fourth-order valence-corrected chi connectivity index (χ4v) is 8.05. The van der Waals surface area contributed by atoms with Crippen LogP contribution in [0.25, 0.3) is 33.3 Å².